The van der Waals surface area contributed by atoms with Gasteiger partial charge in [-0.05, 0) is 31.4 Å². The molecule has 0 bridgehead atoms. The van der Waals surface area contributed by atoms with Crippen LogP contribution in [0.15, 0.2) is 61.4 Å². The van der Waals surface area contributed by atoms with Gasteiger partial charge in [-0.25, -0.2) is 24.2 Å². The van der Waals surface area contributed by atoms with E-state index in [-0.39, 0.29) is 37.2 Å². The number of carbonyl (C=O) groups is 7. The van der Waals surface area contributed by atoms with Crippen LogP contribution in [0.25, 0.3) is 0 Å². The molecule has 3 rings (SSSR count). The van der Waals surface area contributed by atoms with Crippen LogP contribution in [0.4, 0.5) is 5.82 Å². The number of anilines is 1. The lowest BCUT2D eigenvalue weighted by atomic mass is 10.1. The molecule has 1 aromatic rings. The highest BCUT2D eigenvalue weighted by molar-refractivity contribution is 6.02. The summed E-state index contributed by atoms with van der Waals surface area (Å²) in [7, 11) is 0. The largest absolute Gasteiger partial charge is 0.478 e. The van der Waals surface area contributed by atoms with Crippen LogP contribution in [0.3, 0.4) is 0 Å². The van der Waals surface area contributed by atoms with Crippen LogP contribution < -0.4 is 4.90 Å². The average Bonchev–Trinajstić information content (AvgIpc) is 3.41. The third-order valence-corrected chi connectivity index (χ3v) is 7.42. The van der Waals surface area contributed by atoms with Crippen molar-refractivity contribution in [2.75, 3.05) is 44.2 Å². The summed E-state index contributed by atoms with van der Waals surface area (Å²) in [5.74, 6) is -4.66. The summed E-state index contributed by atoms with van der Waals surface area (Å²) in [6, 6.07) is 5.90. The Kier molecular flexibility index (Phi) is 21.9. The number of likely N-dealkylation sites (tertiary alicyclic amines) is 1. The van der Waals surface area contributed by atoms with Gasteiger partial charge in [0.15, 0.2) is 0 Å². The summed E-state index contributed by atoms with van der Waals surface area (Å²) >= 11 is 0. The third-order valence-electron chi connectivity index (χ3n) is 7.42. The standard InChI is InChI=1S/C27H40N4O4.2C4H4O4/c1-2-3-4-5-6-7-8-9-13-27(34)35-23(22-31-25(32)14-15-26(31)33)21-29-17-19-30(20-18-29)24-12-10-11-16-28-24;2*5-3(6)1-2-4(7)8/h2,10-12,16,23H,1,3-9,13-15,17-22H2;2*1-2H,(H,5,6)(H,7,8). The van der Waals surface area contributed by atoms with E-state index < -0.39 is 30.0 Å². The molecule has 16 nitrogen and oxygen atoms in total. The van der Waals surface area contributed by atoms with Crippen LogP contribution in [0.5, 0.6) is 0 Å². The lowest BCUT2D eigenvalue weighted by Gasteiger charge is -2.37. The summed E-state index contributed by atoms with van der Waals surface area (Å²) in [4.78, 5) is 85.3. The van der Waals surface area contributed by atoms with Crippen molar-refractivity contribution in [3.05, 3.63) is 61.4 Å². The summed E-state index contributed by atoms with van der Waals surface area (Å²) < 4.78 is 5.82. The Balaban J connectivity index is 0.000000673. The van der Waals surface area contributed by atoms with Crippen LogP contribution in [-0.2, 0) is 38.3 Å². The van der Waals surface area contributed by atoms with Crippen molar-refractivity contribution in [3.63, 3.8) is 0 Å². The number of ether oxygens (including phenoxy) is 1. The molecule has 0 radical (unpaired) electrons. The number of piperazine rings is 1. The molecule has 2 aliphatic heterocycles. The van der Waals surface area contributed by atoms with Gasteiger partial charge in [0.05, 0.1) is 6.54 Å². The van der Waals surface area contributed by atoms with Crippen molar-refractivity contribution in [1.29, 1.82) is 0 Å². The molecule has 0 aromatic carbocycles. The molecular weight excluding hydrogens is 668 g/mol. The zero-order chi connectivity index (χ0) is 38.0. The number of esters is 1. The number of allylic oxidation sites excluding steroid dienone is 1. The number of aromatic nitrogens is 1. The monoisotopic (exact) mass is 716 g/mol. The number of carboxylic acids is 4. The predicted octanol–water partition coefficient (Wildman–Crippen LogP) is 2.99. The van der Waals surface area contributed by atoms with E-state index in [2.05, 4.69) is 21.4 Å². The molecule has 0 aliphatic carbocycles. The van der Waals surface area contributed by atoms with Gasteiger partial charge in [-0.1, -0.05) is 37.8 Å². The molecule has 4 N–H and O–H groups in total. The van der Waals surface area contributed by atoms with E-state index in [1.165, 1.54) is 24.2 Å². The second-order valence-electron chi connectivity index (χ2n) is 11.5. The molecule has 0 saturated carbocycles. The summed E-state index contributed by atoms with van der Waals surface area (Å²) in [5.41, 5.74) is 0. The topological polar surface area (TPSA) is 232 Å². The number of amides is 2. The molecule has 280 valence electrons. The van der Waals surface area contributed by atoms with Crippen LogP contribution in [0, 0.1) is 0 Å². The second kappa shape index (κ2) is 25.6. The van der Waals surface area contributed by atoms with Crippen LogP contribution in [0.2, 0.25) is 0 Å². The highest BCUT2D eigenvalue weighted by atomic mass is 16.5. The predicted molar refractivity (Wildman–Crippen MR) is 185 cm³/mol. The van der Waals surface area contributed by atoms with E-state index in [4.69, 9.17) is 25.2 Å². The zero-order valence-electron chi connectivity index (χ0n) is 28.6. The summed E-state index contributed by atoms with van der Waals surface area (Å²) in [5, 5.41) is 31.2. The van der Waals surface area contributed by atoms with Crippen LogP contribution in [-0.4, -0.2) is 122 Å². The Labute approximate surface area is 296 Å². The third kappa shape index (κ3) is 21.3. The Morgan fingerprint density at radius 3 is 1.73 bits per heavy atom. The summed E-state index contributed by atoms with van der Waals surface area (Å²) in [6.45, 7) is 7.67. The zero-order valence-corrected chi connectivity index (χ0v) is 28.6. The van der Waals surface area contributed by atoms with Gasteiger partial charge in [-0.2, -0.15) is 0 Å². The number of hydrogen-bond acceptors (Lipinski definition) is 11. The molecule has 2 aliphatic rings. The average molecular weight is 717 g/mol. The van der Waals surface area contributed by atoms with Gasteiger partial charge in [0.1, 0.15) is 11.9 Å². The van der Waals surface area contributed by atoms with Crippen molar-refractivity contribution in [2.24, 2.45) is 0 Å². The summed E-state index contributed by atoms with van der Waals surface area (Å²) in [6.07, 6.45) is 13.9. The molecule has 2 fully saturated rings. The van der Waals surface area contributed by atoms with Gasteiger partial charge in [0.25, 0.3) is 0 Å². The van der Waals surface area contributed by atoms with Crippen LogP contribution >= 0.6 is 0 Å². The van der Waals surface area contributed by atoms with Crippen molar-refractivity contribution in [2.45, 2.75) is 70.3 Å². The maximum Gasteiger partial charge on any atom is 0.328 e. The molecule has 1 atom stereocenters. The molecule has 51 heavy (non-hydrogen) atoms. The van der Waals surface area contributed by atoms with E-state index in [1.807, 2.05) is 24.3 Å². The fourth-order valence-corrected chi connectivity index (χ4v) is 4.95. The van der Waals surface area contributed by atoms with Gasteiger partial charge in [-0.3, -0.25) is 24.2 Å². The minimum Gasteiger partial charge on any atom is -0.478 e. The Hall–Kier alpha value is -5.38. The lowest BCUT2D eigenvalue weighted by molar-refractivity contribution is -0.155. The van der Waals surface area contributed by atoms with E-state index in [1.54, 1.807) is 6.20 Å². The molecule has 16 heteroatoms. The van der Waals surface area contributed by atoms with Crippen molar-refractivity contribution < 1.29 is 58.7 Å². The second-order valence-corrected chi connectivity index (χ2v) is 11.5. The number of nitrogens with zero attached hydrogens (tertiary/aromatic N) is 4. The maximum atomic E-state index is 12.6. The minimum absolute atomic E-state index is 0.146. The first kappa shape index (κ1) is 43.6. The Bertz CT molecular complexity index is 1280. The molecule has 1 unspecified atom stereocenters. The SMILES string of the molecule is C=CCCCCCCCCC(=O)OC(CN1CCN(c2ccccn2)CC1)CN1C(=O)CCC1=O.O=C(O)C=CC(=O)O.O=C(O)C=CC(=O)O. The van der Waals surface area contributed by atoms with Gasteiger partial charge < -0.3 is 30.1 Å². The minimum atomic E-state index is -1.26. The Morgan fingerprint density at radius 2 is 1.25 bits per heavy atom. The highest BCUT2D eigenvalue weighted by Gasteiger charge is 2.33. The lowest BCUT2D eigenvalue weighted by Crippen LogP contribution is -2.51. The van der Waals surface area contributed by atoms with Crippen molar-refractivity contribution in [3.8, 4) is 0 Å². The fraction of sp³-hybridized carbons (Fsp3) is 0.486. The van der Waals surface area contributed by atoms with E-state index in [0.29, 0.717) is 37.3 Å². The van der Waals surface area contributed by atoms with Gasteiger partial charge >= 0.3 is 29.8 Å². The van der Waals surface area contributed by atoms with Crippen LogP contribution in [0.1, 0.15) is 64.2 Å². The highest BCUT2D eigenvalue weighted by Crippen LogP contribution is 2.17. The first-order valence-corrected chi connectivity index (χ1v) is 16.6. The quantitative estimate of drug-likeness (QED) is 0.0530. The van der Waals surface area contributed by atoms with Crippen molar-refractivity contribution >= 4 is 47.5 Å². The Morgan fingerprint density at radius 1 is 0.745 bits per heavy atom. The van der Waals surface area contributed by atoms with E-state index in [0.717, 1.165) is 57.7 Å². The van der Waals surface area contributed by atoms with E-state index >= 15 is 0 Å². The molecule has 3 heterocycles. The number of imide groups is 1. The number of carboxylic acid groups (broad SMARTS) is 4. The van der Waals surface area contributed by atoms with Crippen molar-refractivity contribution in [1.82, 2.24) is 14.8 Å². The van der Waals surface area contributed by atoms with E-state index in [9.17, 15) is 33.6 Å². The maximum absolute atomic E-state index is 12.6. The van der Waals surface area contributed by atoms with Gasteiger partial charge in [-0.15, -0.1) is 6.58 Å². The molecule has 1 aromatic heterocycles. The smallest absolute Gasteiger partial charge is 0.328 e. The molecular formula is C35H48N4O12. The normalized spacial score (nSPS) is 15.1. The first-order valence-electron chi connectivity index (χ1n) is 16.6. The number of hydrogen-bond donors (Lipinski definition) is 4. The molecule has 0 spiro atoms. The van der Waals surface area contributed by atoms with Gasteiger partial charge in [0, 0.05) is 82.5 Å². The number of unbranched alkanes of at least 4 members (excludes halogenated alkanes) is 6. The molecule has 2 amide bonds. The number of rotatable bonds is 19. The fourth-order valence-electron chi connectivity index (χ4n) is 4.95. The molecule has 2 saturated heterocycles. The van der Waals surface area contributed by atoms with Gasteiger partial charge in [0.2, 0.25) is 11.8 Å². The number of aliphatic carboxylic acids is 4. The number of pyridine rings is 1. The first-order chi connectivity index (χ1) is 24.3. The number of carbonyl (C=O) groups excluding carboxylic acids is 3.